The minimum absolute atomic E-state index is 0.166. The Kier molecular flexibility index (Phi) is 4.04. The highest BCUT2D eigenvalue weighted by molar-refractivity contribution is 5.13. The lowest BCUT2D eigenvalue weighted by atomic mass is 10.0. The normalized spacial score (nSPS) is 23.1. The molecule has 3 heterocycles. The summed E-state index contributed by atoms with van der Waals surface area (Å²) in [5, 5.41) is 10.2. The molecule has 1 fully saturated rings. The molecule has 2 aromatic heterocycles. The number of rotatable bonds is 4. The minimum Gasteiger partial charge on any atom is -0.391 e. The van der Waals surface area contributed by atoms with E-state index in [0.717, 1.165) is 25.9 Å². The van der Waals surface area contributed by atoms with Crippen molar-refractivity contribution in [2.45, 2.75) is 31.5 Å². The summed E-state index contributed by atoms with van der Waals surface area (Å²) in [5.74, 6) is 0. The van der Waals surface area contributed by atoms with Gasteiger partial charge in [-0.2, -0.15) is 0 Å². The van der Waals surface area contributed by atoms with Crippen LogP contribution in [0.15, 0.2) is 49.1 Å². The van der Waals surface area contributed by atoms with Crippen LogP contribution in [-0.2, 0) is 13.0 Å². The van der Waals surface area contributed by atoms with Crippen molar-refractivity contribution in [1.29, 1.82) is 0 Å². The quantitative estimate of drug-likeness (QED) is 0.917. The van der Waals surface area contributed by atoms with Crippen molar-refractivity contribution in [2.24, 2.45) is 0 Å². The van der Waals surface area contributed by atoms with Crippen LogP contribution >= 0.6 is 0 Å². The first-order valence-electron chi connectivity index (χ1n) is 7.03. The van der Waals surface area contributed by atoms with Gasteiger partial charge in [-0.1, -0.05) is 12.1 Å². The molecule has 4 heteroatoms. The van der Waals surface area contributed by atoms with E-state index in [2.05, 4.69) is 27.0 Å². The summed E-state index contributed by atoms with van der Waals surface area (Å²) in [6, 6.07) is 8.22. The number of likely N-dealkylation sites (tertiary alicyclic amines) is 1. The van der Waals surface area contributed by atoms with Gasteiger partial charge in [-0.15, -0.1) is 0 Å². The van der Waals surface area contributed by atoms with Crippen molar-refractivity contribution >= 4 is 0 Å². The summed E-state index contributed by atoms with van der Waals surface area (Å²) in [4.78, 5) is 10.6. The van der Waals surface area contributed by atoms with Gasteiger partial charge in [0, 0.05) is 43.9 Å². The third-order valence-corrected chi connectivity index (χ3v) is 3.90. The molecule has 0 radical (unpaired) electrons. The van der Waals surface area contributed by atoms with Crippen LogP contribution in [0.5, 0.6) is 0 Å². The minimum atomic E-state index is -0.258. The summed E-state index contributed by atoms with van der Waals surface area (Å²) >= 11 is 0. The Morgan fingerprint density at radius 3 is 2.45 bits per heavy atom. The highest BCUT2D eigenvalue weighted by Gasteiger charge is 2.32. The maximum absolute atomic E-state index is 10.2. The van der Waals surface area contributed by atoms with Crippen LogP contribution in [0.4, 0.5) is 0 Å². The second-order valence-electron chi connectivity index (χ2n) is 5.32. The molecule has 20 heavy (non-hydrogen) atoms. The Bertz CT molecular complexity index is 532. The molecule has 2 atom stereocenters. The van der Waals surface area contributed by atoms with Gasteiger partial charge in [-0.3, -0.25) is 14.9 Å². The molecule has 1 aliphatic heterocycles. The van der Waals surface area contributed by atoms with Gasteiger partial charge in [-0.25, -0.2) is 0 Å². The molecule has 1 saturated heterocycles. The molecule has 0 saturated carbocycles. The highest BCUT2D eigenvalue weighted by atomic mass is 16.3. The molecule has 104 valence electrons. The fourth-order valence-electron chi connectivity index (χ4n) is 2.85. The Morgan fingerprint density at radius 2 is 1.80 bits per heavy atom. The molecule has 0 bridgehead atoms. The molecule has 0 aliphatic carbocycles. The lowest BCUT2D eigenvalue weighted by Gasteiger charge is -2.26. The van der Waals surface area contributed by atoms with E-state index in [-0.39, 0.29) is 12.1 Å². The Morgan fingerprint density at radius 1 is 1.10 bits per heavy atom. The molecule has 3 rings (SSSR count). The first kappa shape index (κ1) is 13.2. The number of aromatic nitrogens is 2. The van der Waals surface area contributed by atoms with Crippen LogP contribution in [0.3, 0.4) is 0 Å². The van der Waals surface area contributed by atoms with Crippen LogP contribution in [0.1, 0.15) is 17.5 Å². The summed E-state index contributed by atoms with van der Waals surface area (Å²) in [6.45, 7) is 1.77. The molecule has 0 unspecified atom stereocenters. The molecule has 1 aliphatic rings. The number of nitrogens with zero attached hydrogens (tertiary/aromatic N) is 3. The lowest BCUT2D eigenvalue weighted by molar-refractivity contribution is 0.112. The van der Waals surface area contributed by atoms with Crippen molar-refractivity contribution in [1.82, 2.24) is 14.9 Å². The van der Waals surface area contributed by atoms with E-state index in [1.54, 1.807) is 12.4 Å². The Hall–Kier alpha value is -1.78. The average molecular weight is 269 g/mol. The van der Waals surface area contributed by atoms with Gasteiger partial charge < -0.3 is 5.11 Å². The zero-order chi connectivity index (χ0) is 13.8. The molecule has 4 nitrogen and oxygen atoms in total. The van der Waals surface area contributed by atoms with Gasteiger partial charge in [0.05, 0.1) is 6.10 Å². The van der Waals surface area contributed by atoms with Gasteiger partial charge in [-0.05, 0) is 36.1 Å². The molecule has 0 amide bonds. The maximum Gasteiger partial charge on any atom is 0.0710 e. The number of pyridine rings is 2. The van der Waals surface area contributed by atoms with Crippen molar-refractivity contribution in [3.05, 3.63) is 60.2 Å². The van der Waals surface area contributed by atoms with E-state index in [1.165, 1.54) is 11.1 Å². The first-order valence-corrected chi connectivity index (χ1v) is 7.03. The van der Waals surface area contributed by atoms with Crippen LogP contribution < -0.4 is 0 Å². The second kappa shape index (κ2) is 6.11. The van der Waals surface area contributed by atoms with Crippen LogP contribution in [0, 0.1) is 0 Å². The Labute approximate surface area is 119 Å². The number of hydrogen-bond donors (Lipinski definition) is 1. The van der Waals surface area contributed by atoms with Crippen molar-refractivity contribution in [3.63, 3.8) is 0 Å². The number of aliphatic hydroxyl groups is 1. The molecule has 1 N–H and O–H groups in total. The van der Waals surface area contributed by atoms with Crippen molar-refractivity contribution < 1.29 is 5.11 Å². The zero-order valence-corrected chi connectivity index (χ0v) is 11.4. The molecule has 2 aromatic rings. The SMILES string of the molecule is O[C@H]1CCN(Cc2cccnc2)[C@H]1Cc1cccnc1. The standard InChI is InChI=1S/C16H19N3O/c20-16-5-8-19(12-14-4-2-7-18-11-14)15(16)9-13-3-1-6-17-10-13/h1-4,6-7,10-11,15-16,20H,5,8-9,12H2/t15-,16-/m0/s1. The van der Waals surface area contributed by atoms with E-state index < -0.39 is 0 Å². The van der Waals surface area contributed by atoms with E-state index in [0.29, 0.717) is 0 Å². The molecular weight excluding hydrogens is 250 g/mol. The monoisotopic (exact) mass is 269 g/mol. The van der Waals surface area contributed by atoms with Crippen LogP contribution in [-0.4, -0.2) is 38.7 Å². The van der Waals surface area contributed by atoms with E-state index in [4.69, 9.17) is 0 Å². The van der Waals surface area contributed by atoms with Crippen LogP contribution in [0.25, 0.3) is 0 Å². The maximum atomic E-state index is 10.2. The highest BCUT2D eigenvalue weighted by Crippen LogP contribution is 2.23. The predicted molar refractivity (Wildman–Crippen MR) is 77.0 cm³/mol. The summed E-state index contributed by atoms with van der Waals surface area (Å²) in [7, 11) is 0. The zero-order valence-electron chi connectivity index (χ0n) is 11.4. The first-order chi connectivity index (χ1) is 9.83. The second-order valence-corrected chi connectivity index (χ2v) is 5.32. The van der Waals surface area contributed by atoms with Crippen molar-refractivity contribution in [3.8, 4) is 0 Å². The van der Waals surface area contributed by atoms with E-state index in [1.807, 2.05) is 24.5 Å². The number of aliphatic hydroxyl groups excluding tert-OH is 1. The van der Waals surface area contributed by atoms with Gasteiger partial charge in [0.2, 0.25) is 0 Å². The van der Waals surface area contributed by atoms with Crippen molar-refractivity contribution in [2.75, 3.05) is 6.54 Å². The topological polar surface area (TPSA) is 49.2 Å². The lowest BCUT2D eigenvalue weighted by Crippen LogP contribution is -2.36. The van der Waals surface area contributed by atoms with Gasteiger partial charge >= 0.3 is 0 Å². The van der Waals surface area contributed by atoms with E-state index >= 15 is 0 Å². The predicted octanol–water partition coefficient (Wildman–Crippen LogP) is 1.65. The largest absolute Gasteiger partial charge is 0.391 e. The van der Waals surface area contributed by atoms with Gasteiger partial charge in [0.15, 0.2) is 0 Å². The third-order valence-electron chi connectivity index (χ3n) is 3.90. The molecule has 0 aromatic carbocycles. The number of hydrogen-bond acceptors (Lipinski definition) is 4. The third kappa shape index (κ3) is 3.03. The Balaban J connectivity index is 1.70. The van der Waals surface area contributed by atoms with E-state index in [9.17, 15) is 5.11 Å². The van der Waals surface area contributed by atoms with Gasteiger partial charge in [0.1, 0.15) is 0 Å². The fraction of sp³-hybridized carbons (Fsp3) is 0.375. The summed E-state index contributed by atoms with van der Waals surface area (Å²) < 4.78 is 0. The van der Waals surface area contributed by atoms with Gasteiger partial charge in [0.25, 0.3) is 0 Å². The fourth-order valence-corrected chi connectivity index (χ4v) is 2.85. The average Bonchev–Trinajstić information content (AvgIpc) is 2.83. The summed E-state index contributed by atoms with van der Waals surface area (Å²) in [5.41, 5.74) is 2.37. The summed E-state index contributed by atoms with van der Waals surface area (Å²) in [6.07, 6.45) is 8.77. The molecular formula is C16H19N3O. The van der Waals surface area contributed by atoms with Crippen LogP contribution in [0.2, 0.25) is 0 Å². The smallest absolute Gasteiger partial charge is 0.0710 e. The molecule has 0 spiro atoms.